The summed E-state index contributed by atoms with van der Waals surface area (Å²) >= 11 is 0. The third-order valence-electron chi connectivity index (χ3n) is 3.08. The lowest BCUT2D eigenvalue weighted by Crippen LogP contribution is -2.11. The van der Waals surface area contributed by atoms with Gasteiger partial charge in [-0.15, -0.1) is 0 Å². The number of anilines is 1. The van der Waals surface area contributed by atoms with E-state index in [0.717, 1.165) is 12.1 Å². The number of benzene rings is 1. The first-order chi connectivity index (χ1) is 8.58. The molecule has 1 aromatic rings. The standard InChI is InChI=1S/C15H20N2O/c1-4-14(11(2)3)12-6-5-7-13(10-12)17-15(18)8-9-16/h5-7,10-11,14H,4,8H2,1-3H3,(H,17,18). The van der Waals surface area contributed by atoms with Crippen LogP contribution in [0.15, 0.2) is 24.3 Å². The highest BCUT2D eigenvalue weighted by Gasteiger charge is 2.14. The number of carbonyl (C=O) groups is 1. The first-order valence-corrected chi connectivity index (χ1v) is 6.35. The average molecular weight is 244 g/mol. The number of nitrogens with zero attached hydrogens (tertiary/aromatic N) is 1. The van der Waals surface area contributed by atoms with E-state index in [1.807, 2.05) is 24.3 Å². The molecular weight excluding hydrogens is 224 g/mol. The molecule has 0 spiro atoms. The van der Waals surface area contributed by atoms with E-state index < -0.39 is 0 Å². The Bertz CT molecular complexity index is 446. The van der Waals surface area contributed by atoms with E-state index in [0.29, 0.717) is 11.8 Å². The average Bonchev–Trinajstić information content (AvgIpc) is 2.30. The van der Waals surface area contributed by atoms with Crippen LogP contribution in [0.3, 0.4) is 0 Å². The van der Waals surface area contributed by atoms with Crippen molar-refractivity contribution in [2.24, 2.45) is 5.92 Å². The summed E-state index contributed by atoms with van der Waals surface area (Å²) < 4.78 is 0. The van der Waals surface area contributed by atoms with Crippen LogP contribution < -0.4 is 5.32 Å². The molecule has 0 aliphatic carbocycles. The molecule has 1 N–H and O–H groups in total. The molecule has 0 aliphatic rings. The summed E-state index contributed by atoms with van der Waals surface area (Å²) in [6.45, 7) is 6.58. The van der Waals surface area contributed by atoms with Crippen molar-refractivity contribution >= 4 is 11.6 Å². The summed E-state index contributed by atoms with van der Waals surface area (Å²) in [5.41, 5.74) is 2.01. The van der Waals surface area contributed by atoms with Gasteiger partial charge in [-0.3, -0.25) is 4.79 Å². The Morgan fingerprint density at radius 3 is 2.72 bits per heavy atom. The molecule has 0 heterocycles. The van der Waals surface area contributed by atoms with Crippen molar-refractivity contribution in [1.29, 1.82) is 5.26 Å². The maximum absolute atomic E-state index is 11.4. The summed E-state index contributed by atoms with van der Waals surface area (Å²) in [4.78, 5) is 11.4. The smallest absolute Gasteiger partial charge is 0.238 e. The molecule has 1 unspecified atom stereocenters. The van der Waals surface area contributed by atoms with Gasteiger partial charge in [-0.1, -0.05) is 32.9 Å². The van der Waals surface area contributed by atoms with Crippen LogP contribution in [-0.4, -0.2) is 5.91 Å². The molecule has 0 radical (unpaired) electrons. The minimum Gasteiger partial charge on any atom is -0.325 e. The summed E-state index contributed by atoms with van der Waals surface area (Å²) in [6, 6.07) is 9.74. The maximum atomic E-state index is 11.4. The Morgan fingerprint density at radius 2 is 2.17 bits per heavy atom. The van der Waals surface area contributed by atoms with E-state index in [1.54, 1.807) is 0 Å². The van der Waals surface area contributed by atoms with Crippen LogP contribution in [0.5, 0.6) is 0 Å². The largest absolute Gasteiger partial charge is 0.325 e. The molecule has 0 bridgehead atoms. The number of nitrogens with one attached hydrogen (secondary N) is 1. The van der Waals surface area contributed by atoms with Crippen LogP contribution in [0.1, 0.15) is 45.1 Å². The van der Waals surface area contributed by atoms with Gasteiger partial charge in [0.15, 0.2) is 0 Å². The number of hydrogen-bond donors (Lipinski definition) is 1. The Morgan fingerprint density at radius 1 is 1.44 bits per heavy atom. The molecule has 0 saturated heterocycles. The van der Waals surface area contributed by atoms with Crippen LogP contribution in [-0.2, 0) is 4.79 Å². The molecule has 3 heteroatoms. The lowest BCUT2D eigenvalue weighted by atomic mass is 9.86. The van der Waals surface area contributed by atoms with Crippen LogP contribution in [0, 0.1) is 17.2 Å². The Hall–Kier alpha value is -1.82. The highest BCUT2D eigenvalue weighted by atomic mass is 16.1. The second-order valence-electron chi connectivity index (χ2n) is 4.77. The van der Waals surface area contributed by atoms with Crippen molar-refractivity contribution in [1.82, 2.24) is 0 Å². The zero-order valence-electron chi connectivity index (χ0n) is 11.2. The fourth-order valence-corrected chi connectivity index (χ4v) is 2.22. The zero-order chi connectivity index (χ0) is 13.5. The van der Waals surface area contributed by atoms with Gasteiger partial charge in [0, 0.05) is 5.69 Å². The second-order valence-corrected chi connectivity index (χ2v) is 4.77. The van der Waals surface area contributed by atoms with Crippen LogP contribution in [0.4, 0.5) is 5.69 Å². The van der Waals surface area contributed by atoms with Gasteiger partial charge < -0.3 is 5.32 Å². The molecular formula is C15H20N2O. The lowest BCUT2D eigenvalue weighted by molar-refractivity contribution is -0.115. The number of carbonyl (C=O) groups excluding carboxylic acids is 1. The summed E-state index contributed by atoms with van der Waals surface area (Å²) in [5, 5.41) is 11.2. The molecule has 1 atom stereocenters. The Kier molecular flexibility index (Phi) is 5.38. The maximum Gasteiger partial charge on any atom is 0.238 e. The first-order valence-electron chi connectivity index (χ1n) is 6.35. The minimum absolute atomic E-state index is 0.106. The van der Waals surface area contributed by atoms with Gasteiger partial charge in [0.1, 0.15) is 6.42 Å². The van der Waals surface area contributed by atoms with Crippen LogP contribution in [0.2, 0.25) is 0 Å². The third-order valence-corrected chi connectivity index (χ3v) is 3.08. The lowest BCUT2D eigenvalue weighted by Gasteiger charge is -2.20. The minimum atomic E-state index is -0.257. The number of nitriles is 1. The number of amides is 1. The monoisotopic (exact) mass is 244 g/mol. The van der Waals surface area contributed by atoms with Crippen molar-refractivity contribution in [3.05, 3.63) is 29.8 Å². The van der Waals surface area contributed by atoms with Gasteiger partial charge in [0.2, 0.25) is 5.91 Å². The van der Waals surface area contributed by atoms with Crippen LogP contribution >= 0.6 is 0 Å². The van der Waals surface area contributed by atoms with Gasteiger partial charge in [0.05, 0.1) is 6.07 Å². The van der Waals surface area contributed by atoms with E-state index in [4.69, 9.17) is 5.26 Å². The van der Waals surface area contributed by atoms with E-state index >= 15 is 0 Å². The quantitative estimate of drug-likeness (QED) is 0.858. The highest BCUT2D eigenvalue weighted by molar-refractivity contribution is 5.92. The summed E-state index contributed by atoms with van der Waals surface area (Å²) in [5.74, 6) is 0.810. The van der Waals surface area contributed by atoms with Gasteiger partial charge in [0.25, 0.3) is 0 Å². The van der Waals surface area contributed by atoms with E-state index in [1.165, 1.54) is 5.56 Å². The SMILES string of the molecule is CCC(c1cccc(NC(=O)CC#N)c1)C(C)C. The van der Waals surface area contributed by atoms with E-state index in [2.05, 4.69) is 32.2 Å². The van der Waals surface area contributed by atoms with E-state index in [9.17, 15) is 4.79 Å². The Labute approximate surface area is 109 Å². The van der Waals surface area contributed by atoms with Crippen molar-refractivity contribution < 1.29 is 4.79 Å². The number of hydrogen-bond acceptors (Lipinski definition) is 2. The van der Waals surface area contributed by atoms with E-state index in [-0.39, 0.29) is 12.3 Å². The molecule has 1 rings (SSSR count). The number of rotatable bonds is 5. The molecule has 1 aromatic carbocycles. The zero-order valence-corrected chi connectivity index (χ0v) is 11.2. The fraction of sp³-hybridized carbons (Fsp3) is 0.467. The van der Waals surface area contributed by atoms with Gasteiger partial charge >= 0.3 is 0 Å². The Balaban J connectivity index is 2.85. The topological polar surface area (TPSA) is 52.9 Å². The van der Waals surface area contributed by atoms with Crippen molar-refractivity contribution in [3.63, 3.8) is 0 Å². The van der Waals surface area contributed by atoms with Gasteiger partial charge in [-0.2, -0.15) is 5.26 Å². The summed E-state index contributed by atoms with van der Waals surface area (Å²) in [6.07, 6.45) is 0.971. The normalized spacial score (nSPS) is 11.9. The molecule has 0 aliphatic heterocycles. The molecule has 0 aromatic heterocycles. The first kappa shape index (κ1) is 14.2. The molecule has 3 nitrogen and oxygen atoms in total. The summed E-state index contributed by atoms with van der Waals surface area (Å²) in [7, 11) is 0. The third kappa shape index (κ3) is 3.89. The predicted molar refractivity (Wildman–Crippen MR) is 73.2 cm³/mol. The predicted octanol–water partition coefficient (Wildman–Crippen LogP) is 3.69. The highest BCUT2D eigenvalue weighted by Crippen LogP contribution is 2.29. The molecule has 18 heavy (non-hydrogen) atoms. The van der Waals surface area contributed by atoms with Gasteiger partial charge in [-0.25, -0.2) is 0 Å². The second kappa shape index (κ2) is 6.80. The molecule has 1 amide bonds. The van der Waals surface area contributed by atoms with Crippen molar-refractivity contribution in [2.45, 2.75) is 39.5 Å². The van der Waals surface area contributed by atoms with Crippen molar-refractivity contribution in [3.8, 4) is 6.07 Å². The van der Waals surface area contributed by atoms with Crippen LogP contribution in [0.25, 0.3) is 0 Å². The van der Waals surface area contributed by atoms with Crippen molar-refractivity contribution in [2.75, 3.05) is 5.32 Å². The molecule has 0 saturated carbocycles. The molecule has 96 valence electrons. The van der Waals surface area contributed by atoms with Gasteiger partial charge in [-0.05, 0) is 36.0 Å². The molecule has 0 fully saturated rings. The fourth-order valence-electron chi connectivity index (χ4n) is 2.22.